The number of nitrogens with two attached hydrogens (primary N) is 1. The van der Waals surface area contributed by atoms with E-state index in [9.17, 15) is 57.8 Å². The number of carbonyl (C=O) groups is 11. The molecule has 23 nitrogen and oxygen atoms in total. The Labute approximate surface area is 429 Å². The molecule has 0 heterocycles. The zero-order chi connectivity index (χ0) is 54.7. The first kappa shape index (κ1) is 60.1. The Morgan fingerprint density at radius 1 is 0.432 bits per heavy atom. The second kappa shape index (κ2) is 31.3. The summed E-state index contributed by atoms with van der Waals surface area (Å²) in [6.07, 6.45) is 0.329. The minimum absolute atomic E-state index is 0.0273. The molecule has 0 aromatic heterocycles. The van der Waals surface area contributed by atoms with Crippen LogP contribution < -0.4 is 58.9 Å². The number of aliphatic hydroxyl groups excluding tert-OH is 1. The van der Waals surface area contributed by atoms with E-state index in [0.29, 0.717) is 16.7 Å². The highest BCUT2D eigenvalue weighted by atomic mass is 16.3. The summed E-state index contributed by atoms with van der Waals surface area (Å²) in [5.41, 5.74) is 7.75. The Morgan fingerprint density at radius 3 is 1.28 bits per heavy atom. The molecule has 0 bridgehead atoms. The first-order valence-corrected chi connectivity index (χ1v) is 24.1. The quantitative estimate of drug-likeness (QED) is 0.0311. The number of primary amides is 1. The first-order chi connectivity index (χ1) is 35.2. The monoisotopic (exact) mass is 1030 g/mol. The Balaban J connectivity index is 1.75. The maximum absolute atomic E-state index is 14.3. The largest absolute Gasteiger partial charge is 0.394 e. The van der Waals surface area contributed by atoms with E-state index in [0.717, 1.165) is 0 Å². The van der Waals surface area contributed by atoms with Gasteiger partial charge in [0, 0.05) is 39.7 Å². The molecule has 23 heteroatoms. The molecule has 0 spiro atoms. The van der Waals surface area contributed by atoms with E-state index in [1.807, 2.05) is 0 Å². The van der Waals surface area contributed by atoms with Gasteiger partial charge in [-0.25, -0.2) is 0 Å². The molecule has 0 saturated carbocycles. The number of rotatable bonds is 30. The smallest absolute Gasteiger partial charge is 0.245 e. The highest BCUT2D eigenvalue weighted by Crippen LogP contribution is 2.10. The molecule has 400 valence electrons. The predicted molar refractivity (Wildman–Crippen MR) is 270 cm³/mol. The topological polar surface area (TPSA) is 354 Å². The Kier molecular flexibility index (Phi) is 25.4. The van der Waals surface area contributed by atoms with Crippen molar-refractivity contribution in [3.05, 3.63) is 108 Å². The van der Waals surface area contributed by atoms with Gasteiger partial charge in [0.15, 0.2) is 0 Å². The molecular formula is C51H69N11O12. The van der Waals surface area contributed by atoms with Crippen LogP contribution in [0, 0.1) is 0 Å². The average molecular weight is 1030 g/mol. The molecule has 0 unspecified atom stereocenters. The van der Waals surface area contributed by atoms with Crippen molar-refractivity contribution in [1.82, 2.24) is 53.2 Å². The van der Waals surface area contributed by atoms with E-state index in [4.69, 9.17) is 5.73 Å². The molecule has 3 aromatic rings. The summed E-state index contributed by atoms with van der Waals surface area (Å²) in [5.74, 6) is -7.78. The third-order valence-electron chi connectivity index (χ3n) is 11.3. The van der Waals surface area contributed by atoms with Crippen LogP contribution in [-0.4, -0.2) is 138 Å². The summed E-state index contributed by atoms with van der Waals surface area (Å²) in [6, 6.07) is 16.4. The maximum atomic E-state index is 14.3. The van der Waals surface area contributed by atoms with Gasteiger partial charge >= 0.3 is 0 Å². The Bertz CT molecular complexity index is 2390. The lowest BCUT2D eigenvalue weighted by Crippen LogP contribution is -2.60. The van der Waals surface area contributed by atoms with Gasteiger partial charge < -0.3 is 64.0 Å². The van der Waals surface area contributed by atoms with Crippen molar-refractivity contribution in [2.24, 2.45) is 5.73 Å². The summed E-state index contributed by atoms with van der Waals surface area (Å²) in [7, 11) is 0. The van der Waals surface area contributed by atoms with Crippen LogP contribution in [0.2, 0.25) is 0 Å². The molecule has 8 atom stereocenters. The number of benzene rings is 3. The van der Waals surface area contributed by atoms with E-state index < -0.39 is 120 Å². The van der Waals surface area contributed by atoms with E-state index in [1.54, 1.807) is 91.0 Å². The van der Waals surface area contributed by atoms with E-state index >= 15 is 0 Å². The summed E-state index contributed by atoms with van der Waals surface area (Å²) in [4.78, 5) is 142. The number of amides is 11. The first-order valence-electron chi connectivity index (χ1n) is 24.1. The van der Waals surface area contributed by atoms with Crippen LogP contribution in [0.5, 0.6) is 0 Å². The number of unbranched alkanes of at least 4 members (excludes halogenated alkanes) is 1. The van der Waals surface area contributed by atoms with Gasteiger partial charge in [0.25, 0.3) is 0 Å². The molecule has 3 rings (SSSR count). The number of hydrogen-bond acceptors (Lipinski definition) is 12. The van der Waals surface area contributed by atoms with Crippen molar-refractivity contribution in [3.8, 4) is 0 Å². The summed E-state index contributed by atoms with van der Waals surface area (Å²) < 4.78 is 0. The lowest BCUT2D eigenvalue weighted by Gasteiger charge is -2.27. The van der Waals surface area contributed by atoms with Gasteiger partial charge in [-0.05, 0) is 56.7 Å². The lowest BCUT2D eigenvalue weighted by molar-refractivity contribution is -0.135. The number of nitrogens with one attached hydrogen (secondary N) is 10. The highest BCUT2D eigenvalue weighted by Gasteiger charge is 2.33. The van der Waals surface area contributed by atoms with E-state index in [-0.39, 0.29) is 51.6 Å². The van der Waals surface area contributed by atoms with Crippen molar-refractivity contribution >= 4 is 65.0 Å². The van der Waals surface area contributed by atoms with E-state index in [2.05, 4.69) is 53.2 Å². The summed E-state index contributed by atoms with van der Waals surface area (Å²) in [5, 5.41) is 35.6. The van der Waals surface area contributed by atoms with Gasteiger partial charge in [-0.2, -0.15) is 0 Å². The lowest BCUT2D eigenvalue weighted by atomic mass is 10.0. The second-order valence-corrected chi connectivity index (χ2v) is 17.6. The fourth-order valence-electron chi connectivity index (χ4n) is 7.20. The SMILES string of the molecule is CC(=O)NCC(=O)N[C@@H](C)C(=O)N[C@@H](C)C(=O)N[C@@H](C)C(=O)NCCCC[C@H](NC(=O)[C@H](CO)NC(=O)[C@H](Cc1ccccc1)NC(C)=O)C(=O)N[C@@H](Cc1ccccc1)C(=O)N[C@@H](Cc1ccccc1)C(N)=O. The molecule has 74 heavy (non-hydrogen) atoms. The van der Waals surface area contributed by atoms with Crippen molar-refractivity contribution in [2.75, 3.05) is 19.7 Å². The van der Waals surface area contributed by atoms with Crippen LogP contribution in [0.15, 0.2) is 91.0 Å². The zero-order valence-corrected chi connectivity index (χ0v) is 42.2. The minimum atomic E-state index is -1.61. The zero-order valence-electron chi connectivity index (χ0n) is 42.2. The second-order valence-electron chi connectivity index (χ2n) is 17.6. The van der Waals surface area contributed by atoms with Crippen LogP contribution in [0.25, 0.3) is 0 Å². The van der Waals surface area contributed by atoms with Crippen molar-refractivity contribution in [3.63, 3.8) is 0 Å². The Morgan fingerprint density at radius 2 is 0.824 bits per heavy atom. The molecule has 0 radical (unpaired) electrons. The average Bonchev–Trinajstić information content (AvgIpc) is 3.36. The van der Waals surface area contributed by atoms with Crippen LogP contribution in [0.4, 0.5) is 0 Å². The Hall–Kier alpha value is -8.21. The minimum Gasteiger partial charge on any atom is -0.394 e. The standard InChI is InChI=1S/C51H69N11O12/c1-30(56-47(70)32(3)57-46(69)31(2)55-43(66)28-54-33(4)64)45(68)53-24-16-15-23-38(59-51(74)42(29-63)62-49(72)40(58-34(5)65)26-36-19-11-7-12-20-36)48(71)61-41(27-37-21-13-8-14-22-37)50(73)60-39(44(52)67)25-35-17-9-6-10-18-35/h6-14,17-22,30-32,38-42,63H,15-16,23-29H2,1-5H3,(H2,52,67)(H,53,68)(H,54,64)(H,55,66)(H,56,70)(H,57,69)(H,58,65)(H,59,74)(H,60,73)(H,61,71)(H,62,72)/t30-,31-,32-,38-,39-,40-,41-,42-/m0/s1. The van der Waals surface area contributed by atoms with Gasteiger partial charge in [-0.15, -0.1) is 0 Å². The van der Waals surface area contributed by atoms with Gasteiger partial charge in [0.05, 0.1) is 13.2 Å². The summed E-state index contributed by atoms with van der Waals surface area (Å²) in [6.45, 7) is 5.38. The van der Waals surface area contributed by atoms with Crippen molar-refractivity contribution in [2.45, 2.75) is 121 Å². The van der Waals surface area contributed by atoms with Gasteiger partial charge in [0.1, 0.15) is 48.3 Å². The fourth-order valence-corrected chi connectivity index (χ4v) is 7.20. The fraction of sp³-hybridized carbons (Fsp3) is 0.431. The molecule has 0 aliphatic heterocycles. The molecule has 0 aliphatic carbocycles. The maximum Gasteiger partial charge on any atom is 0.245 e. The van der Waals surface area contributed by atoms with Crippen molar-refractivity contribution in [1.29, 1.82) is 0 Å². The van der Waals surface area contributed by atoms with Crippen LogP contribution in [-0.2, 0) is 72.0 Å². The van der Waals surface area contributed by atoms with E-state index in [1.165, 1.54) is 34.6 Å². The van der Waals surface area contributed by atoms with Gasteiger partial charge in [-0.3, -0.25) is 52.7 Å². The molecular weight excluding hydrogens is 959 g/mol. The predicted octanol–water partition coefficient (Wildman–Crippen LogP) is -2.43. The van der Waals surface area contributed by atoms with Gasteiger partial charge in [0.2, 0.25) is 65.0 Å². The van der Waals surface area contributed by atoms with Crippen LogP contribution >= 0.6 is 0 Å². The molecule has 0 fully saturated rings. The molecule has 13 N–H and O–H groups in total. The third kappa shape index (κ3) is 22.1. The normalized spacial score (nSPS) is 14.0. The third-order valence-corrected chi connectivity index (χ3v) is 11.3. The van der Waals surface area contributed by atoms with Gasteiger partial charge in [-0.1, -0.05) is 91.0 Å². The van der Waals surface area contributed by atoms with Crippen LogP contribution in [0.1, 0.15) is 70.6 Å². The molecule has 3 aromatic carbocycles. The van der Waals surface area contributed by atoms with Crippen LogP contribution in [0.3, 0.4) is 0 Å². The number of hydrogen-bond donors (Lipinski definition) is 12. The number of carbonyl (C=O) groups excluding carboxylic acids is 11. The molecule has 0 saturated heterocycles. The summed E-state index contributed by atoms with van der Waals surface area (Å²) >= 11 is 0. The highest BCUT2D eigenvalue weighted by molar-refractivity contribution is 5.97. The molecule has 11 amide bonds. The molecule has 0 aliphatic rings. The van der Waals surface area contributed by atoms with Crippen molar-refractivity contribution < 1.29 is 57.8 Å². The number of aliphatic hydroxyl groups is 1.